The number of imidazole rings is 1. The van der Waals surface area contributed by atoms with Crippen LogP contribution in [0.25, 0.3) is 11.1 Å². The molecule has 1 aromatic heterocycles. The number of carboxylic acid groups (broad SMARTS) is 1. The maximum absolute atomic E-state index is 13.4. The molecule has 0 aliphatic carbocycles. The Kier molecular flexibility index (Phi) is 7.86. The number of hydrogen-bond acceptors (Lipinski definition) is 3. The van der Waals surface area contributed by atoms with E-state index in [2.05, 4.69) is 6.92 Å². The molecule has 0 saturated carbocycles. The third-order valence-corrected chi connectivity index (χ3v) is 6.55. The molecule has 0 atom stereocenters. The van der Waals surface area contributed by atoms with Crippen LogP contribution in [0.2, 0.25) is 5.15 Å². The van der Waals surface area contributed by atoms with Crippen molar-refractivity contribution in [1.29, 1.82) is 0 Å². The van der Waals surface area contributed by atoms with Crippen molar-refractivity contribution in [3.8, 4) is 11.1 Å². The van der Waals surface area contributed by atoms with Crippen LogP contribution in [-0.4, -0.2) is 26.1 Å². The number of carboxylic acids is 1. The summed E-state index contributed by atoms with van der Waals surface area (Å²) >= 11 is 6.62. The van der Waals surface area contributed by atoms with Crippen LogP contribution in [0.4, 0.5) is 0 Å². The second kappa shape index (κ2) is 11.2. The highest BCUT2D eigenvalue weighted by molar-refractivity contribution is 6.31. The topological polar surface area (TPSA) is 81.3 Å². The average molecular weight is 503 g/mol. The quantitative estimate of drug-likeness (QED) is 0.307. The number of aromatic nitrogens is 2. The van der Waals surface area contributed by atoms with Gasteiger partial charge in [-0.1, -0.05) is 97.7 Å². The summed E-state index contributed by atoms with van der Waals surface area (Å²) in [6.45, 7) is 2.31. The van der Waals surface area contributed by atoms with Gasteiger partial charge in [-0.05, 0) is 41.2 Å². The Morgan fingerprint density at radius 1 is 0.889 bits per heavy atom. The molecule has 36 heavy (non-hydrogen) atoms. The fraction of sp³-hybridized carbons (Fsp3) is 0.207. The van der Waals surface area contributed by atoms with E-state index in [1.165, 1.54) is 0 Å². The molecule has 0 aliphatic heterocycles. The number of benzene rings is 3. The van der Waals surface area contributed by atoms with Gasteiger partial charge in [0.15, 0.2) is 0 Å². The van der Waals surface area contributed by atoms with Gasteiger partial charge in [0.2, 0.25) is 5.91 Å². The summed E-state index contributed by atoms with van der Waals surface area (Å²) in [6, 6.07) is 23.5. The summed E-state index contributed by atoms with van der Waals surface area (Å²) < 4.78 is 2.65. The standard InChI is InChI=1S/C29H27ClN2O4/c1-2-3-13-25-27(30)32(26(33)18-20-9-5-4-6-10-20)29(36)31(25)19-21-14-16-22(17-15-21)23-11-7-8-12-24(23)28(34)35/h4-12,14-17H,2-3,13,18-19H2,1H3,(H,34,35). The Balaban J connectivity index is 1.66. The van der Waals surface area contributed by atoms with Crippen LogP contribution in [-0.2, 0) is 19.4 Å². The molecule has 0 spiro atoms. The highest BCUT2D eigenvalue weighted by atomic mass is 35.5. The Labute approximate surface area is 214 Å². The monoisotopic (exact) mass is 502 g/mol. The number of halogens is 1. The lowest BCUT2D eigenvalue weighted by Crippen LogP contribution is -2.30. The van der Waals surface area contributed by atoms with Crippen LogP contribution in [0.3, 0.4) is 0 Å². The minimum Gasteiger partial charge on any atom is -0.478 e. The molecule has 0 radical (unpaired) electrons. The SMILES string of the molecule is CCCCc1c(Cl)n(C(=O)Cc2ccccc2)c(=O)n1Cc1ccc(-c2ccccc2C(=O)O)cc1. The number of unbranched alkanes of at least 4 members (excludes halogenated alkanes) is 1. The van der Waals surface area contributed by atoms with Crippen LogP contribution in [0.1, 0.15) is 51.7 Å². The van der Waals surface area contributed by atoms with E-state index in [4.69, 9.17) is 11.6 Å². The van der Waals surface area contributed by atoms with Gasteiger partial charge in [0.05, 0.1) is 24.2 Å². The second-order valence-electron chi connectivity index (χ2n) is 8.65. The number of carbonyl (C=O) groups excluding carboxylic acids is 1. The Morgan fingerprint density at radius 3 is 2.22 bits per heavy atom. The molecule has 3 aromatic carbocycles. The first-order valence-electron chi connectivity index (χ1n) is 11.9. The van der Waals surface area contributed by atoms with Gasteiger partial charge in [-0.2, -0.15) is 0 Å². The van der Waals surface area contributed by atoms with E-state index in [0.717, 1.165) is 34.1 Å². The van der Waals surface area contributed by atoms with Gasteiger partial charge in [-0.25, -0.2) is 14.2 Å². The summed E-state index contributed by atoms with van der Waals surface area (Å²) in [5.41, 5.74) is 3.46. The third-order valence-electron chi connectivity index (χ3n) is 6.16. The zero-order chi connectivity index (χ0) is 25.7. The van der Waals surface area contributed by atoms with Crippen molar-refractivity contribution >= 4 is 23.5 Å². The van der Waals surface area contributed by atoms with Crippen LogP contribution in [0, 0.1) is 0 Å². The van der Waals surface area contributed by atoms with E-state index in [1.807, 2.05) is 54.6 Å². The maximum Gasteiger partial charge on any atom is 0.336 e. The minimum absolute atomic E-state index is 0.0788. The van der Waals surface area contributed by atoms with E-state index in [1.54, 1.807) is 28.8 Å². The van der Waals surface area contributed by atoms with Crippen LogP contribution >= 0.6 is 11.6 Å². The molecule has 0 amide bonds. The lowest BCUT2D eigenvalue weighted by molar-refractivity contribution is 0.0697. The number of carbonyl (C=O) groups is 2. The lowest BCUT2D eigenvalue weighted by atomic mass is 9.99. The van der Waals surface area contributed by atoms with Gasteiger partial charge < -0.3 is 5.11 Å². The van der Waals surface area contributed by atoms with Crippen molar-refractivity contribution in [3.63, 3.8) is 0 Å². The van der Waals surface area contributed by atoms with Gasteiger partial charge in [0.1, 0.15) is 5.15 Å². The molecule has 1 N–H and O–H groups in total. The summed E-state index contributed by atoms with van der Waals surface area (Å²) in [7, 11) is 0. The highest BCUT2D eigenvalue weighted by Gasteiger charge is 2.23. The molecule has 0 unspecified atom stereocenters. The van der Waals surface area contributed by atoms with Crippen LogP contribution in [0.15, 0.2) is 83.7 Å². The van der Waals surface area contributed by atoms with Crippen LogP contribution in [0.5, 0.6) is 0 Å². The summed E-state index contributed by atoms with van der Waals surface area (Å²) in [5, 5.41) is 9.66. The molecule has 4 aromatic rings. The van der Waals surface area contributed by atoms with E-state index in [9.17, 15) is 19.5 Å². The van der Waals surface area contributed by atoms with E-state index >= 15 is 0 Å². The first-order valence-corrected chi connectivity index (χ1v) is 12.3. The number of rotatable bonds is 9. The molecular formula is C29H27ClN2O4. The predicted molar refractivity (Wildman–Crippen MR) is 141 cm³/mol. The first kappa shape index (κ1) is 25.2. The molecule has 7 heteroatoms. The third kappa shape index (κ3) is 5.34. The number of aromatic carboxylic acids is 1. The maximum atomic E-state index is 13.4. The Hall–Kier alpha value is -3.90. The molecule has 1 heterocycles. The van der Waals surface area contributed by atoms with Gasteiger partial charge in [0, 0.05) is 0 Å². The molecule has 184 valence electrons. The second-order valence-corrected chi connectivity index (χ2v) is 9.01. The van der Waals surface area contributed by atoms with Crippen LogP contribution < -0.4 is 5.69 Å². The molecule has 0 bridgehead atoms. The van der Waals surface area contributed by atoms with E-state index < -0.39 is 11.7 Å². The zero-order valence-electron chi connectivity index (χ0n) is 20.0. The molecule has 0 aliphatic rings. The van der Waals surface area contributed by atoms with Crippen molar-refractivity contribution in [2.24, 2.45) is 0 Å². The number of hydrogen-bond donors (Lipinski definition) is 1. The highest BCUT2D eigenvalue weighted by Crippen LogP contribution is 2.25. The minimum atomic E-state index is -0.988. The molecule has 0 saturated heterocycles. The zero-order valence-corrected chi connectivity index (χ0v) is 20.7. The van der Waals surface area contributed by atoms with Crippen molar-refractivity contribution in [2.45, 2.75) is 39.2 Å². The van der Waals surface area contributed by atoms with E-state index in [0.29, 0.717) is 17.7 Å². The van der Waals surface area contributed by atoms with Crippen molar-refractivity contribution in [3.05, 3.63) is 117 Å². The van der Waals surface area contributed by atoms with Crippen molar-refractivity contribution in [1.82, 2.24) is 9.13 Å². The van der Waals surface area contributed by atoms with E-state index in [-0.39, 0.29) is 29.6 Å². The fourth-order valence-corrected chi connectivity index (χ4v) is 4.63. The van der Waals surface area contributed by atoms with Gasteiger partial charge in [-0.3, -0.25) is 9.36 Å². The summed E-state index contributed by atoms with van der Waals surface area (Å²) in [5.74, 6) is -1.36. The predicted octanol–water partition coefficient (Wildman–Crippen LogP) is 5.94. The van der Waals surface area contributed by atoms with Gasteiger partial charge >= 0.3 is 11.7 Å². The smallest absolute Gasteiger partial charge is 0.336 e. The van der Waals surface area contributed by atoms with Gasteiger partial charge in [-0.15, -0.1) is 0 Å². The molecule has 0 fully saturated rings. The van der Waals surface area contributed by atoms with Crippen molar-refractivity contribution < 1.29 is 14.7 Å². The molecular weight excluding hydrogens is 476 g/mol. The Bertz CT molecular complexity index is 1440. The van der Waals surface area contributed by atoms with Gasteiger partial charge in [0.25, 0.3) is 0 Å². The molecule has 4 rings (SSSR count). The largest absolute Gasteiger partial charge is 0.478 e. The average Bonchev–Trinajstić information content (AvgIpc) is 3.12. The summed E-state index contributed by atoms with van der Waals surface area (Å²) in [4.78, 5) is 38.0. The van der Waals surface area contributed by atoms with Crippen molar-refractivity contribution in [2.75, 3.05) is 0 Å². The molecule has 6 nitrogen and oxygen atoms in total. The lowest BCUT2D eigenvalue weighted by Gasteiger charge is -2.10. The summed E-state index contributed by atoms with van der Waals surface area (Å²) in [6.07, 6.45) is 2.42. The Morgan fingerprint density at radius 2 is 1.56 bits per heavy atom. The number of nitrogens with zero attached hydrogens (tertiary/aromatic N) is 2. The first-order chi connectivity index (χ1) is 17.4. The fourth-order valence-electron chi connectivity index (χ4n) is 4.27. The normalized spacial score (nSPS) is 10.9.